The number of benzene rings is 1. The molecular formula is C18H19BrN2O5S2. The van der Waals surface area contributed by atoms with Gasteiger partial charge >= 0.3 is 5.97 Å². The van der Waals surface area contributed by atoms with E-state index < -0.39 is 21.9 Å². The number of methoxy groups -OCH3 is 1. The van der Waals surface area contributed by atoms with Crippen molar-refractivity contribution in [3.05, 3.63) is 45.1 Å². The first-order valence-corrected chi connectivity index (χ1v) is 11.7. The van der Waals surface area contributed by atoms with Crippen LogP contribution in [0.1, 0.15) is 22.5 Å². The summed E-state index contributed by atoms with van der Waals surface area (Å²) in [5.74, 6) is -1.32. The van der Waals surface area contributed by atoms with E-state index in [1.54, 1.807) is 23.6 Å². The van der Waals surface area contributed by atoms with Crippen LogP contribution in [0.3, 0.4) is 0 Å². The van der Waals surface area contributed by atoms with E-state index in [-0.39, 0.29) is 17.3 Å². The van der Waals surface area contributed by atoms with Crippen molar-refractivity contribution >= 4 is 54.9 Å². The van der Waals surface area contributed by atoms with E-state index in [9.17, 15) is 18.0 Å². The summed E-state index contributed by atoms with van der Waals surface area (Å²) in [6, 6.07) is 8.06. The number of esters is 1. The molecule has 1 amide bonds. The van der Waals surface area contributed by atoms with E-state index in [2.05, 4.69) is 21.2 Å². The molecule has 2 heterocycles. The summed E-state index contributed by atoms with van der Waals surface area (Å²) in [7, 11) is -2.39. The molecule has 1 N–H and O–H groups in total. The van der Waals surface area contributed by atoms with Crippen molar-refractivity contribution in [2.75, 3.05) is 25.5 Å². The Kier molecular flexibility index (Phi) is 6.54. The summed E-state index contributed by atoms with van der Waals surface area (Å²) in [5.41, 5.74) is 0.384. The Bertz CT molecular complexity index is 972. The largest absolute Gasteiger partial charge is 0.465 e. The zero-order chi connectivity index (χ0) is 20.3. The average Bonchev–Trinajstić information content (AvgIpc) is 3.16. The van der Waals surface area contributed by atoms with E-state index in [0.29, 0.717) is 30.0 Å². The molecule has 28 heavy (non-hydrogen) atoms. The number of hydrogen-bond donors (Lipinski definition) is 1. The number of thiophene rings is 1. The second-order valence-corrected chi connectivity index (χ2v) is 10.1. The molecule has 0 bridgehead atoms. The number of ether oxygens (including phenoxy) is 1. The van der Waals surface area contributed by atoms with Crippen LogP contribution >= 0.6 is 27.3 Å². The van der Waals surface area contributed by atoms with Gasteiger partial charge in [0.25, 0.3) is 0 Å². The van der Waals surface area contributed by atoms with E-state index in [1.807, 2.05) is 0 Å². The number of anilines is 1. The molecule has 0 unspecified atom stereocenters. The minimum atomic E-state index is -3.67. The molecule has 2 aromatic rings. The van der Waals surface area contributed by atoms with Crippen molar-refractivity contribution in [1.82, 2.24) is 4.31 Å². The number of sulfonamides is 1. The Morgan fingerprint density at radius 2 is 1.96 bits per heavy atom. The molecule has 0 saturated carbocycles. The molecule has 1 atom stereocenters. The number of halogens is 1. The Hall–Kier alpha value is -1.75. The molecule has 1 fully saturated rings. The van der Waals surface area contributed by atoms with E-state index in [1.165, 1.54) is 34.9 Å². The lowest BCUT2D eigenvalue weighted by Crippen LogP contribution is -2.43. The number of rotatable bonds is 5. The predicted octanol–water partition coefficient (Wildman–Crippen LogP) is 3.34. The molecule has 150 valence electrons. The predicted molar refractivity (Wildman–Crippen MR) is 110 cm³/mol. The molecular weight excluding hydrogens is 468 g/mol. The molecule has 0 radical (unpaired) electrons. The van der Waals surface area contributed by atoms with Crippen LogP contribution in [0.4, 0.5) is 5.69 Å². The van der Waals surface area contributed by atoms with Crippen LogP contribution in [-0.4, -0.2) is 44.8 Å². The number of nitrogens with one attached hydrogen (secondary N) is 1. The van der Waals surface area contributed by atoms with Gasteiger partial charge in [0.1, 0.15) is 4.88 Å². The highest BCUT2D eigenvalue weighted by Crippen LogP contribution is 2.28. The molecule has 1 aliphatic rings. The third kappa shape index (κ3) is 4.45. The monoisotopic (exact) mass is 486 g/mol. The zero-order valence-corrected chi connectivity index (χ0v) is 18.3. The van der Waals surface area contributed by atoms with Crippen LogP contribution in [0.5, 0.6) is 0 Å². The fraction of sp³-hybridized carbons (Fsp3) is 0.333. The average molecular weight is 487 g/mol. The molecule has 0 spiro atoms. The Balaban J connectivity index is 1.72. The second-order valence-electron chi connectivity index (χ2n) is 6.30. The standard InChI is InChI=1S/C18H19BrN2O5S2/c1-26-18(23)16-15(8-10-27-16)20-17(22)12-3-2-9-21(11-12)28(24,25)14-6-4-13(19)5-7-14/h4-8,10,12H,2-3,9,11H2,1H3,(H,20,22)/t12-/m0/s1. The van der Waals surface area contributed by atoms with Crippen LogP contribution in [0.25, 0.3) is 0 Å². The fourth-order valence-electron chi connectivity index (χ4n) is 3.02. The van der Waals surface area contributed by atoms with Gasteiger partial charge in [0.05, 0.1) is 23.6 Å². The summed E-state index contributed by atoms with van der Waals surface area (Å²) in [4.78, 5) is 25.0. The lowest BCUT2D eigenvalue weighted by Gasteiger charge is -2.31. The first-order chi connectivity index (χ1) is 13.3. The number of nitrogens with zero attached hydrogens (tertiary/aromatic N) is 1. The van der Waals surface area contributed by atoms with Crippen molar-refractivity contribution < 1.29 is 22.7 Å². The molecule has 1 aliphatic heterocycles. The van der Waals surface area contributed by atoms with Gasteiger partial charge < -0.3 is 10.1 Å². The van der Waals surface area contributed by atoms with Crippen molar-refractivity contribution in [2.45, 2.75) is 17.7 Å². The van der Waals surface area contributed by atoms with E-state index in [0.717, 1.165) is 4.47 Å². The fourth-order valence-corrected chi connectivity index (χ4v) is 5.58. The van der Waals surface area contributed by atoms with Crippen molar-refractivity contribution in [1.29, 1.82) is 0 Å². The molecule has 1 aromatic carbocycles. The summed E-state index contributed by atoms with van der Waals surface area (Å²) in [5, 5.41) is 4.43. The molecule has 0 aliphatic carbocycles. The number of carbonyl (C=O) groups excluding carboxylic acids is 2. The third-order valence-corrected chi connectivity index (χ3v) is 7.80. The second kappa shape index (κ2) is 8.73. The summed E-state index contributed by atoms with van der Waals surface area (Å²) in [6.45, 7) is 0.468. The minimum absolute atomic E-state index is 0.0991. The van der Waals surface area contributed by atoms with Gasteiger partial charge in [0.2, 0.25) is 15.9 Å². The van der Waals surface area contributed by atoms with Crippen LogP contribution < -0.4 is 5.32 Å². The van der Waals surface area contributed by atoms with Gasteiger partial charge in [-0.3, -0.25) is 4.79 Å². The van der Waals surface area contributed by atoms with Gasteiger partial charge in [0, 0.05) is 17.6 Å². The maximum absolute atomic E-state index is 12.9. The summed E-state index contributed by atoms with van der Waals surface area (Å²) >= 11 is 4.47. The zero-order valence-electron chi connectivity index (χ0n) is 15.1. The number of amides is 1. The molecule has 1 saturated heterocycles. The highest BCUT2D eigenvalue weighted by atomic mass is 79.9. The van der Waals surface area contributed by atoms with E-state index in [4.69, 9.17) is 4.74 Å². The van der Waals surface area contributed by atoms with Crippen molar-refractivity contribution in [3.8, 4) is 0 Å². The van der Waals surface area contributed by atoms with Crippen molar-refractivity contribution in [2.24, 2.45) is 5.92 Å². The van der Waals surface area contributed by atoms with Gasteiger partial charge in [-0.15, -0.1) is 11.3 Å². The van der Waals surface area contributed by atoms with Crippen LogP contribution in [-0.2, 0) is 19.6 Å². The van der Waals surface area contributed by atoms with Gasteiger partial charge in [-0.25, -0.2) is 13.2 Å². The van der Waals surface area contributed by atoms with Crippen molar-refractivity contribution in [3.63, 3.8) is 0 Å². The highest BCUT2D eigenvalue weighted by Gasteiger charge is 2.33. The first-order valence-electron chi connectivity index (χ1n) is 8.55. The number of piperidine rings is 1. The Labute approximate surface area is 175 Å². The molecule has 7 nitrogen and oxygen atoms in total. The maximum Gasteiger partial charge on any atom is 0.350 e. The molecule has 1 aromatic heterocycles. The Morgan fingerprint density at radius 1 is 1.25 bits per heavy atom. The van der Waals surface area contributed by atoms with Gasteiger partial charge in [-0.2, -0.15) is 4.31 Å². The quantitative estimate of drug-likeness (QED) is 0.654. The molecule has 10 heteroatoms. The molecule has 3 rings (SSSR count). The van der Waals surface area contributed by atoms with E-state index >= 15 is 0 Å². The lowest BCUT2D eigenvalue weighted by atomic mass is 9.99. The van der Waals surface area contributed by atoms with Crippen LogP contribution in [0, 0.1) is 5.92 Å². The topological polar surface area (TPSA) is 92.8 Å². The summed E-state index contributed by atoms with van der Waals surface area (Å²) in [6.07, 6.45) is 1.16. The van der Waals surface area contributed by atoms with Crippen LogP contribution in [0.15, 0.2) is 45.1 Å². The Morgan fingerprint density at radius 3 is 2.64 bits per heavy atom. The minimum Gasteiger partial charge on any atom is -0.465 e. The third-order valence-electron chi connectivity index (χ3n) is 4.50. The van der Waals surface area contributed by atoms with Gasteiger partial charge in [-0.05, 0) is 48.6 Å². The number of carbonyl (C=O) groups is 2. The highest BCUT2D eigenvalue weighted by molar-refractivity contribution is 9.10. The van der Waals surface area contributed by atoms with Crippen LogP contribution in [0.2, 0.25) is 0 Å². The lowest BCUT2D eigenvalue weighted by molar-refractivity contribution is -0.120. The summed E-state index contributed by atoms with van der Waals surface area (Å²) < 4.78 is 32.6. The number of hydrogen-bond acceptors (Lipinski definition) is 6. The normalized spacial score (nSPS) is 17.9. The first kappa shape index (κ1) is 21.0. The maximum atomic E-state index is 12.9. The smallest absolute Gasteiger partial charge is 0.350 e. The van der Waals surface area contributed by atoms with Gasteiger partial charge in [0.15, 0.2) is 0 Å². The SMILES string of the molecule is COC(=O)c1sccc1NC(=O)[C@H]1CCCN(S(=O)(=O)c2ccc(Br)cc2)C1. The van der Waals surface area contributed by atoms with Gasteiger partial charge in [-0.1, -0.05) is 15.9 Å².